The van der Waals surface area contributed by atoms with Gasteiger partial charge in [-0.1, -0.05) is 19.9 Å². The third kappa shape index (κ3) is 4.97. The summed E-state index contributed by atoms with van der Waals surface area (Å²) in [7, 11) is 1.67. The molecule has 1 atom stereocenters. The Bertz CT molecular complexity index is 443. The van der Waals surface area contributed by atoms with Crippen LogP contribution in [0.5, 0.6) is 11.5 Å². The maximum absolute atomic E-state index is 8.60. The lowest BCUT2D eigenvalue weighted by Gasteiger charge is -2.17. The minimum absolute atomic E-state index is 0.463. The molecule has 1 rings (SSSR count). The van der Waals surface area contributed by atoms with Crippen LogP contribution in [0.4, 0.5) is 0 Å². The van der Waals surface area contributed by atoms with Gasteiger partial charge in [0, 0.05) is 5.75 Å². The Morgan fingerprint density at radius 2 is 2.10 bits per heavy atom. The van der Waals surface area contributed by atoms with Crippen LogP contribution in [-0.2, 0) is 0 Å². The topological polar surface area (TPSA) is 42.2 Å². The number of methoxy groups -OCH3 is 1. The first-order valence-corrected chi connectivity index (χ1v) is 8.06. The van der Waals surface area contributed by atoms with Crippen molar-refractivity contribution >= 4 is 11.8 Å². The molecule has 0 saturated carbocycles. The second-order valence-electron chi connectivity index (χ2n) is 4.59. The van der Waals surface area contributed by atoms with Gasteiger partial charge in [0.25, 0.3) is 0 Å². The number of ether oxygens (including phenoxy) is 2. The zero-order valence-corrected chi connectivity index (χ0v) is 13.3. The molecular formula is C16H23NO2S. The van der Waals surface area contributed by atoms with Gasteiger partial charge >= 0.3 is 0 Å². The Morgan fingerprint density at radius 1 is 1.30 bits per heavy atom. The molecule has 0 heterocycles. The van der Waals surface area contributed by atoms with Crippen LogP contribution in [0.1, 0.15) is 44.6 Å². The van der Waals surface area contributed by atoms with Gasteiger partial charge in [0.15, 0.2) is 11.5 Å². The molecule has 20 heavy (non-hydrogen) atoms. The number of thiocyanates is 1. The zero-order chi connectivity index (χ0) is 14.8. The SMILES string of the molecule is CCCOc1ccc(C(CC)CCSC#N)cc1OC. The van der Waals surface area contributed by atoms with Gasteiger partial charge in [-0.15, -0.1) is 0 Å². The molecule has 0 amide bonds. The van der Waals surface area contributed by atoms with Crippen LogP contribution >= 0.6 is 11.8 Å². The highest BCUT2D eigenvalue weighted by Gasteiger charge is 2.13. The summed E-state index contributed by atoms with van der Waals surface area (Å²) in [6, 6.07) is 6.17. The lowest BCUT2D eigenvalue weighted by Crippen LogP contribution is -2.02. The maximum atomic E-state index is 8.60. The van der Waals surface area contributed by atoms with Gasteiger partial charge in [-0.05, 0) is 54.6 Å². The molecule has 0 N–H and O–H groups in total. The Labute approximate surface area is 126 Å². The largest absolute Gasteiger partial charge is 0.493 e. The normalized spacial score (nSPS) is 11.7. The van der Waals surface area contributed by atoms with Crippen molar-refractivity contribution in [3.63, 3.8) is 0 Å². The first-order chi connectivity index (χ1) is 9.76. The number of thioether (sulfide) groups is 1. The molecule has 3 nitrogen and oxygen atoms in total. The van der Waals surface area contributed by atoms with Gasteiger partial charge in [0.05, 0.1) is 13.7 Å². The molecular weight excluding hydrogens is 270 g/mol. The van der Waals surface area contributed by atoms with E-state index in [9.17, 15) is 0 Å². The zero-order valence-electron chi connectivity index (χ0n) is 12.5. The summed E-state index contributed by atoms with van der Waals surface area (Å²) < 4.78 is 11.1. The van der Waals surface area contributed by atoms with Gasteiger partial charge in [0.2, 0.25) is 0 Å². The van der Waals surface area contributed by atoms with Gasteiger partial charge in [-0.3, -0.25) is 0 Å². The molecule has 0 fully saturated rings. The minimum Gasteiger partial charge on any atom is -0.493 e. The molecule has 110 valence electrons. The fourth-order valence-electron chi connectivity index (χ4n) is 2.12. The van der Waals surface area contributed by atoms with Gasteiger partial charge in [0.1, 0.15) is 5.40 Å². The molecule has 1 unspecified atom stereocenters. The van der Waals surface area contributed by atoms with Crippen LogP contribution in [-0.4, -0.2) is 19.5 Å². The average Bonchev–Trinajstić information content (AvgIpc) is 2.49. The van der Waals surface area contributed by atoms with Crippen LogP contribution in [0.3, 0.4) is 0 Å². The lowest BCUT2D eigenvalue weighted by atomic mass is 9.93. The van der Waals surface area contributed by atoms with E-state index in [0.29, 0.717) is 12.5 Å². The highest BCUT2D eigenvalue weighted by Crippen LogP contribution is 2.33. The first kappa shape index (κ1) is 16.7. The molecule has 0 aliphatic heterocycles. The highest BCUT2D eigenvalue weighted by molar-refractivity contribution is 8.03. The Kier molecular flexibility index (Phi) is 7.98. The van der Waals surface area contributed by atoms with E-state index in [4.69, 9.17) is 14.7 Å². The van der Waals surface area contributed by atoms with Crippen molar-refractivity contribution < 1.29 is 9.47 Å². The molecule has 4 heteroatoms. The predicted octanol–water partition coefficient (Wildman–Crippen LogP) is 4.58. The summed E-state index contributed by atoms with van der Waals surface area (Å²) in [4.78, 5) is 0. The number of hydrogen-bond acceptors (Lipinski definition) is 4. The third-order valence-electron chi connectivity index (χ3n) is 3.25. The number of rotatable bonds is 9. The van der Waals surface area contributed by atoms with E-state index >= 15 is 0 Å². The predicted molar refractivity (Wildman–Crippen MR) is 84.5 cm³/mol. The maximum Gasteiger partial charge on any atom is 0.161 e. The van der Waals surface area contributed by atoms with E-state index in [2.05, 4.69) is 31.4 Å². The molecule has 0 spiro atoms. The highest BCUT2D eigenvalue weighted by atomic mass is 32.2. The van der Waals surface area contributed by atoms with Gasteiger partial charge in [-0.25, -0.2) is 0 Å². The molecule has 0 saturated heterocycles. The lowest BCUT2D eigenvalue weighted by molar-refractivity contribution is 0.294. The summed E-state index contributed by atoms with van der Waals surface area (Å²) in [6.45, 7) is 4.96. The minimum atomic E-state index is 0.463. The second kappa shape index (κ2) is 9.55. The van der Waals surface area contributed by atoms with E-state index in [1.54, 1.807) is 7.11 Å². The van der Waals surface area contributed by atoms with Crippen molar-refractivity contribution in [3.05, 3.63) is 23.8 Å². The van der Waals surface area contributed by atoms with Crippen molar-refractivity contribution in [2.45, 2.75) is 39.0 Å². The molecule has 0 bridgehead atoms. The average molecular weight is 293 g/mol. The van der Waals surface area contributed by atoms with E-state index in [-0.39, 0.29) is 0 Å². The fourth-order valence-corrected chi connectivity index (χ4v) is 2.62. The van der Waals surface area contributed by atoms with Gasteiger partial charge in [-0.2, -0.15) is 5.26 Å². The first-order valence-electron chi connectivity index (χ1n) is 7.08. The third-order valence-corrected chi connectivity index (χ3v) is 3.82. The van der Waals surface area contributed by atoms with E-state index in [1.807, 2.05) is 6.07 Å². The quantitative estimate of drug-likeness (QED) is 0.493. The Balaban J connectivity index is 2.81. The summed E-state index contributed by atoms with van der Waals surface area (Å²) in [5.41, 5.74) is 1.26. The second-order valence-corrected chi connectivity index (χ2v) is 5.47. The van der Waals surface area contributed by atoms with Crippen LogP contribution in [0, 0.1) is 10.7 Å². The van der Waals surface area contributed by atoms with Gasteiger partial charge < -0.3 is 9.47 Å². The van der Waals surface area contributed by atoms with Crippen molar-refractivity contribution in [2.24, 2.45) is 0 Å². The number of benzene rings is 1. The van der Waals surface area contributed by atoms with E-state index in [0.717, 1.165) is 36.5 Å². The van der Waals surface area contributed by atoms with Crippen molar-refractivity contribution in [3.8, 4) is 16.9 Å². The van der Waals surface area contributed by atoms with Crippen molar-refractivity contribution in [1.29, 1.82) is 5.26 Å². The number of hydrogen-bond donors (Lipinski definition) is 0. The standard InChI is InChI=1S/C16H23NO2S/c1-4-9-19-15-7-6-14(11-16(15)18-3)13(5-2)8-10-20-12-17/h6-7,11,13H,4-5,8-10H2,1-3H3. The molecule has 1 aromatic rings. The summed E-state index contributed by atoms with van der Waals surface area (Å²) in [6.07, 6.45) is 3.05. The van der Waals surface area contributed by atoms with E-state index in [1.165, 1.54) is 17.3 Å². The van der Waals surface area contributed by atoms with Crippen molar-refractivity contribution in [2.75, 3.05) is 19.5 Å². The summed E-state index contributed by atoms with van der Waals surface area (Å²) in [5.74, 6) is 2.93. The van der Waals surface area contributed by atoms with Crippen LogP contribution in [0.25, 0.3) is 0 Å². The van der Waals surface area contributed by atoms with Crippen LogP contribution in [0.2, 0.25) is 0 Å². The molecule has 1 aromatic carbocycles. The van der Waals surface area contributed by atoms with E-state index < -0.39 is 0 Å². The number of nitrogens with zero attached hydrogens (tertiary/aromatic N) is 1. The number of nitriles is 1. The Morgan fingerprint density at radius 3 is 2.70 bits per heavy atom. The summed E-state index contributed by atoms with van der Waals surface area (Å²) >= 11 is 1.32. The monoisotopic (exact) mass is 293 g/mol. The molecule has 0 aliphatic rings. The van der Waals surface area contributed by atoms with Crippen LogP contribution < -0.4 is 9.47 Å². The fraction of sp³-hybridized carbons (Fsp3) is 0.562. The van der Waals surface area contributed by atoms with Crippen LogP contribution in [0.15, 0.2) is 18.2 Å². The smallest absolute Gasteiger partial charge is 0.161 e. The summed E-state index contributed by atoms with van der Waals surface area (Å²) in [5, 5.41) is 10.7. The molecule has 0 aromatic heterocycles. The Hall–Kier alpha value is -1.34. The molecule has 0 radical (unpaired) electrons. The van der Waals surface area contributed by atoms with Crippen molar-refractivity contribution in [1.82, 2.24) is 0 Å². The molecule has 0 aliphatic carbocycles.